The fraction of sp³-hybridized carbons (Fsp3) is 0.0833. The van der Waals surface area contributed by atoms with Gasteiger partial charge >= 0.3 is 5.97 Å². The predicted molar refractivity (Wildman–Crippen MR) is 118 cm³/mol. The second-order valence-corrected chi connectivity index (χ2v) is 6.88. The van der Waals surface area contributed by atoms with Gasteiger partial charge in [-0.15, -0.1) is 0 Å². The number of hydrogen-bond donors (Lipinski definition) is 2. The van der Waals surface area contributed by atoms with Crippen molar-refractivity contribution in [2.45, 2.75) is 13.2 Å². The maximum Gasteiger partial charge on any atom is 0.304 e. The Morgan fingerprint density at radius 2 is 1.65 bits per heavy atom. The van der Waals surface area contributed by atoms with Gasteiger partial charge in [0.05, 0.1) is 22.5 Å². The summed E-state index contributed by atoms with van der Waals surface area (Å²) in [7, 11) is 0. The van der Waals surface area contributed by atoms with Crippen LogP contribution in [0, 0.1) is 0 Å². The van der Waals surface area contributed by atoms with Gasteiger partial charge in [-0.05, 0) is 18.2 Å². The van der Waals surface area contributed by atoms with E-state index in [1.54, 1.807) is 30.6 Å². The Morgan fingerprint density at radius 1 is 0.968 bits per heavy atom. The van der Waals surface area contributed by atoms with Crippen LogP contribution in [0.15, 0.2) is 79.1 Å². The number of amides is 1. The number of fused-ring (bicyclic) bond motifs is 1. The number of nitrogens with two attached hydrogens (primary N) is 1. The Bertz CT molecular complexity index is 1240. The number of nitrogens with one attached hydrogen (secondary N) is 1. The summed E-state index contributed by atoms with van der Waals surface area (Å²) in [5.41, 5.74) is 9.50. The van der Waals surface area contributed by atoms with Crippen molar-refractivity contribution < 1.29 is 14.3 Å². The van der Waals surface area contributed by atoms with Crippen molar-refractivity contribution in [2.24, 2.45) is 0 Å². The van der Waals surface area contributed by atoms with Crippen molar-refractivity contribution in [3.63, 3.8) is 0 Å². The SMILES string of the molecule is CC(=O)OC(NC(=O)c1c(N)c(-c2ccccc2)nc2ccccc12)c1ccncc1. The number of para-hydroxylation sites is 1. The van der Waals surface area contributed by atoms with Crippen molar-refractivity contribution in [2.75, 3.05) is 5.73 Å². The Hall–Kier alpha value is -4.26. The molecule has 1 atom stereocenters. The van der Waals surface area contributed by atoms with Crippen LogP contribution in [0.3, 0.4) is 0 Å². The molecule has 2 aromatic heterocycles. The van der Waals surface area contributed by atoms with Crippen molar-refractivity contribution in [1.82, 2.24) is 15.3 Å². The van der Waals surface area contributed by atoms with Crippen LogP contribution in [0.5, 0.6) is 0 Å². The lowest BCUT2D eigenvalue weighted by Gasteiger charge is -2.20. The smallest absolute Gasteiger partial charge is 0.304 e. The van der Waals surface area contributed by atoms with Crippen LogP contribution in [0.2, 0.25) is 0 Å². The summed E-state index contributed by atoms with van der Waals surface area (Å²) in [4.78, 5) is 33.7. The van der Waals surface area contributed by atoms with Gasteiger partial charge in [0.1, 0.15) is 0 Å². The highest BCUT2D eigenvalue weighted by Gasteiger charge is 2.24. The molecule has 0 saturated carbocycles. The van der Waals surface area contributed by atoms with Gasteiger partial charge in [-0.3, -0.25) is 14.6 Å². The molecule has 0 aliphatic heterocycles. The Labute approximate surface area is 178 Å². The van der Waals surface area contributed by atoms with Crippen molar-refractivity contribution in [3.05, 3.63) is 90.3 Å². The number of anilines is 1. The number of benzene rings is 2. The van der Waals surface area contributed by atoms with Crippen LogP contribution in [-0.2, 0) is 9.53 Å². The van der Waals surface area contributed by atoms with E-state index in [1.807, 2.05) is 48.5 Å². The molecular weight excluding hydrogens is 392 g/mol. The minimum Gasteiger partial charge on any atom is -0.437 e. The molecule has 0 saturated heterocycles. The van der Waals surface area contributed by atoms with Gasteiger partial charge in [0.25, 0.3) is 5.91 Å². The molecule has 0 fully saturated rings. The third-order valence-corrected chi connectivity index (χ3v) is 4.76. The van der Waals surface area contributed by atoms with Crippen molar-refractivity contribution in [3.8, 4) is 11.3 Å². The number of rotatable bonds is 5. The second-order valence-electron chi connectivity index (χ2n) is 6.88. The molecule has 31 heavy (non-hydrogen) atoms. The van der Waals surface area contributed by atoms with Gasteiger partial charge < -0.3 is 15.8 Å². The van der Waals surface area contributed by atoms with Crippen molar-refractivity contribution in [1.29, 1.82) is 0 Å². The average molecular weight is 412 g/mol. The molecule has 0 spiro atoms. The zero-order valence-electron chi connectivity index (χ0n) is 16.8. The third-order valence-electron chi connectivity index (χ3n) is 4.76. The van der Waals surface area contributed by atoms with E-state index in [0.29, 0.717) is 22.2 Å². The maximum absolute atomic E-state index is 13.4. The normalized spacial score (nSPS) is 11.6. The minimum absolute atomic E-state index is 0.249. The molecule has 7 heteroatoms. The molecule has 154 valence electrons. The number of aromatic nitrogens is 2. The van der Waals surface area contributed by atoms with Crippen molar-refractivity contribution >= 4 is 28.5 Å². The number of nitrogens with zero attached hydrogens (tertiary/aromatic N) is 2. The van der Waals surface area contributed by atoms with Gasteiger partial charge in [0.2, 0.25) is 6.23 Å². The maximum atomic E-state index is 13.4. The van der Waals surface area contributed by atoms with E-state index in [4.69, 9.17) is 10.5 Å². The first-order chi connectivity index (χ1) is 15.0. The lowest BCUT2D eigenvalue weighted by molar-refractivity contribution is -0.147. The summed E-state index contributed by atoms with van der Waals surface area (Å²) >= 11 is 0. The molecule has 4 aromatic rings. The largest absolute Gasteiger partial charge is 0.437 e. The second kappa shape index (κ2) is 8.62. The number of hydrogen-bond acceptors (Lipinski definition) is 6. The summed E-state index contributed by atoms with van der Waals surface area (Å²) in [6, 6.07) is 20.0. The van der Waals surface area contributed by atoms with E-state index in [-0.39, 0.29) is 11.3 Å². The van der Waals surface area contributed by atoms with Gasteiger partial charge in [-0.2, -0.15) is 0 Å². The van der Waals surface area contributed by atoms with E-state index < -0.39 is 18.1 Å². The predicted octanol–water partition coefficient (Wildman–Crippen LogP) is 3.87. The number of pyridine rings is 2. The number of esters is 1. The van der Waals surface area contributed by atoms with Gasteiger partial charge in [0, 0.05) is 35.8 Å². The lowest BCUT2D eigenvalue weighted by Crippen LogP contribution is -2.32. The molecule has 2 aromatic carbocycles. The number of carbonyl (C=O) groups excluding carboxylic acids is 2. The molecule has 7 nitrogen and oxygen atoms in total. The number of carbonyl (C=O) groups is 2. The Morgan fingerprint density at radius 3 is 2.35 bits per heavy atom. The standard InChI is InChI=1S/C24H20N4O3/c1-15(29)31-24(17-11-13-26-14-12-17)28-23(30)20-18-9-5-6-10-19(18)27-22(21(20)25)16-7-3-2-4-8-16/h2-14,24H,25H2,1H3,(H,28,30). The van der Waals surface area contributed by atoms with E-state index >= 15 is 0 Å². The van der Waals surface area contributed by atoms with E-state index in [2.05, 4.69) is 15.3 Å². The Balaban J connectivity index is 1.81. The average Bonchev–Trinajstić information content (AvgIpc) is 2.79. The van der Waals surface area contributed by atoms with E-state index in [0.717, 1.165) is 5.56 Å². The van der Waals surface area contributed by atoms with Gasteiger partial charge in [-0.1, -0.05) is 48.5 Å². The third kappa shape index (κ3) is 4.20. The van der Waals surface area contributed by atoms with E-state index in [9.17, 15) is 9.59 Å². The highest BCUT2D eigenvalue weighted by Crippen LogP contribution is 2.32. The van der Waals surface area contributed by atoms with Gasteiger partial charge in [-0.25, -0.2) is 4.98 Å². The summed E-state index contributed by atoms with van der Waals surface area (Å²) in [6.07, 6.45) is 2.13. The quantitative estimate of drug-likeness (QED) is 0.381. The van der Waals surface area contributed by atoms with Crippen LogP contribution in [0.1, 0.15) is 29.1 Å². The number of nitrogen functional groups attached to an aromatic ring is 1. The van der Waals surface area contributed by atoms with Crippen LogP contribution in [0.25, 0.3) is 22.2 Å². The van der Waals surface area contributed by atoms with Crippen LogP contribution in [0.4, 0.5) is 5.69 Å². The molecule has 0 bridgehead atoms. The molecule has 0 aliphatic rings. The lowest BCUT2D eigenvalue weighted by atomic mass is 10.0. The van der Waals surface area contributed by atoms with Gasteiger partial charge in [0.15, 0.2) is 0 Å². The molecule has 1 unspecified atom stereocenters. The highest BCUT2D eigenvalue weighted by atomic mass is 16.6. The highest BCUT2D eigenvalue weighted by molar-refractivity contribution is 6.12. The first-order valence-electron chi connectivity index (χ1n) is 9.66. The fourth-order valence-electron chi connectivity index (χ4n) is 3.36. The van der Waals surface area contributed by atoms with Crippen LogP contribution in [-0.4, -0.2) is 21.8 Å². The zero-order chi connectivity index (χ0) is 21.8. The topological polar surface area (TPSA) is 107 Å². The monoisotopic (exact) mass is 412 g/mol. The number of ether oxygens (including phenoxy) is 1. The molecule has 4 rings (SSSR count). The van der Waals surface area contributed by atoms with Crippen LogP contribution < -0.4 is 11.1 Å². The summed E-state index contributed by atoms with van der Waals surface area (Å²) < 4.78 is 5.34. The minimum atomic E-state index is -0.987. The molecule has 2 heterocycles. The fourth-order valence-corrected chi connectivity index (χ4v) is 3.36. The first kappa shape index (κ1) is 20.0. The molecular formula is C24H20N4O3. The molecule has 3 N–H and O–H groups in total. The Kier molecular flexibility index (Phi) is 5.57. The summed E-state index contributed by atoms with van der Waals surface area (Å²) in [5.74, 6) is -1.00. The molecule has 1 amide bonds. The van der Waals surface area contributed by atoms with Crippen LogP contribution >= 0.6 is 0 Å². The van der Waals surface area contributed by atoms with E-state index in [1.165, 1.54) is 6.92 Å². The first-order valence-corrected chi connectivity index (χ1v) is 9.66. The molecule has 0 aliphatic carbocycles. The zero-order valence-corrected chi connectivity index (χ0v) is 16.8. The summed E-state index contributed by atoms with van der Waals surface area (Å²) in [6.45, 7) is 1.28. The molecule has 0 radical (unpaired) electrons. The summed E-state index contributed by atoms with van der Waals surface area (Å²) in [5, 5.41) is 3.38.